The van der Waals surface area contributed by atoms with Gasteiger partial charge in [0.2, 0.25) is 0 Å². The first kappa shape index (κ1) is 17.4. The molecule has 7 nitrogen and oxygen atoms in total. The van der Waals surface area contributed by atoms with Crippen molar-refractivity contribution in [1.82, 2.24) is 0 Å². The summed E-state index contributed by atoms with van der Waals surface area (Å²) in [5.41, 5.74) is 5.76. The van der Waals surface area contributed by atoms with Gasteiger partial charge in [-0.2, -0.15) is 16.8 Å². The van der Waals surface area contributed by atoms with Crippen LogP contribution in [0.4, 0.5) is 5.69 Å². The third kappa shape index (κ3) is 3.50. The van der Waals surface area contributed by atoms with E-state index in [-0.39, 0.29) is 47.4 Å². The fraction of sp³-hybridized carbons (Fsp3) is 0. The number of nitrogen functional groups attached to an aromatic ring is 1. The van der Waals surface area contributed by atoms with Gasteiger partial charge >= 0.3 is 29.6 Å². The molecular weight excluding hydrogens is 317 g/mol. The van der Waals surface area contributed by atoms with Crippen LogP contribution < -0.4 is 35.3 Å². The second-order valence-electron chi connectivity index (χ2n) is 3.85. The molecule has 0 aliphatic rings. The minimum Gasteiger partial charge on any atom is -1.00 e. The van der Waals surface area contributed by atoms with Gasteiger partial charge in [-0.1, -0.05) is 6.07 Å². The minimum atomic E-state index is -4.66. The first-order valence-electron chi connectivity index (χ1n) is 4.87. The van der Waals surface area contributed by atoms with Gasteiger partial charge < -0.3 is 7.16 Å². The Bertz CT molecular complexity index is 882. The molecule has 0 spiro atoms. The van der Waals surface area contributed by atoms with Crippen LogP contribution in [0.1, 0.15) is 1.43 Å². The first-order valence-corrected chi connectivity index (χ1v) is 7.75. The third-order valence-corrected chi connectivity index (χ3v) is 4.21. The quantitative estimate of drug-likeness (QED) is 0.331. The second-order valence-corrected chi connectivity index (χ2v) is 6.66. The normalized spacial score (nSPS) is 12.1. The molecule has 0 heterocycles. The predicted molar refractivity (Wildman–Crippen MR) is 69.1 cm³/mol. The van der Waals surface area contributed by atoms with Gasteiger partial charge in [0.15, 0.2) is 0 Å². The maximum Gasteiger partial charge on any atom is 1.00 e. The van der Waals surface area contributed by atoms with Crippen LogP contribution in [-0.2, 0) is 20.2 Å². The average Bonchev–Trinajstić information content (AvgIpc) is 2.24. The van der Waals surface area contributed by atoms with Crippen molar-refractivity contribution >= 4 is 36.7 Å². The molecule has 0 atom stereocenters. The largest absolute Gasteiger partial charge is 1.00 e. The van der Waals surface area contributed by atoms with Crippen LogP contribution in [0, 0.1) is 0 Å². The van der Waals surface area contributed by atoms with Crippen LogP contribution >= 0.6 is 0 Å². The Morgan fingerprint density at radius 2 is 1.55 bits per heavy atom. The maximum atomic E-state index is 11.3. The molecule has 4 N–H and O–H groups in total. The molecule has 0 aliphatic carbocycles. The summed E-state index contributed by atoms with van der Waals surface area (Å²) in [6, 6.07) is 5.86. The monoisotopic (exact) mass is 327 g/mol. The van der Waals surface area contributed by atoms with Crippen molar-refractivity contribution in [2.24, 2.45) is 0 Å². The molecule has 0 aromatic heterocycles. The van der Waals surface area contributed by atoms with Gasteiger partial charge in [-0.3, -0.25) is 9.11 Å². The Labute approximate surface area is 139 Å². The van der Waals surface area contributed by atoms with E-state index in [1.165, 1.54) is 18.2 Å². The standard InChI is InChI=1S/C10H9NO6S2.Na.H/c11-7-2-1-6-3-8(18(12,13)14)5-10(9(6)4-7)19(15,16)17;;/h1-5H,11H2,(H,12,13,14)(H,15,16,17);;/q;+1;-1. The molecule has 104 valence electrons. The fourth-order valence-corrected chi connectivity index (χ4v) is 3.03. The summed E-state index contributed by atoms with van der Waals surface area (Å²) in [6.45, 7) is 0. The molecule has 2 aromatic carbocycles. The first-order chi connectivity index (χ1) is 8.59. The Hall–Kier alpha value is -0.680. The average molecular weight is 327 g/mol. The Morgan fingerprint density at radius 1 is 0.950 bits per heavy atom. The summed E-state index contributed by atoms with van der Waals surface area (Å²) in [5, 5.41) is 0.270. The molecule has 10 heteroatoms. The van der Waals surface area contributed by atoms with E-state index in [1.807, 2.05) is 0 Å². The van der Waals surface area contributed by atoms with E-state index in [0.29, 0.717) is 6.07 Å². The molecule has 0 fully saturated rings. The van der Waals surface area contributed by atoms with Gasteiger partial charge in [0.1, 0.15) is 4.90 Å². The molecule has 0 aliphatic heterocycles. The summed E-state index contributed by atoms with van der Waals surface area (Å²) in [7, 11) is -9.25. The molecule has 0 unspecified atom stereocenters. The van der Waals surface area contributed by atoms with Crippen molar-refractivity contribution in [2.75, 3.05) is 5.73 Å². The Balaban J connectivity index is 0.00000200. The van der Waals surface area contributed by atoms with E-state index in [1.54, 1.807) is 0 Å². The third-order valence-electron chi connectivity index (χ3n) is 2.49. The van der Waals surface area contributed by atoms with E-state index < -0.39 is 30.0 Å². The second kappa shape index (κ2) is 5.60. The van der Waals surface area contributed by atoms with E-state index in [2.05, 4.69) is 0 Å². The van der Waals surface area contributed by atoms with Crippen molar-refractivity contribution in [1.29, 1.82) is 0 Å². The SMILES string of the molecule is Nc1ccc2cc(S(=O)(=O)O)cc(S(=O)(=O)O)c2c1.[H-].[Na+]. The van der Waals surface area contributed by atoms with Crippen molar-refractivity contribution in [3.05, 3.63) is 30.3 Å². The van der Waals surface area contributed by atoms with Crippen LogP contribution in [0.15, 0.2) is 40.1 Å². The number of rotatable bonds is 2. The molecule has 0 bridgehead atoms. The molecule has 0 saturated heterocycles. The summed E-state index contributed by atoms with van der Waals surface area (Å²) < 4.78 is 62.8. The van der Waals surface area contributed by atoms with Gasteiger partial charge in [-0.15, -0.1) is 0 Å². The van der Waals surface area contributed by atoms with Crippen LogP contribution in [0.2, 0.25) is 0 Å². The van der Waals surface area contributed by atoms with Crippen molar-refractivity contribution in [3.8, 4) is 0 Å². The minimum absolute atomic E-state index is 0. The van der Waals surface area contributed by atoms with Crippen molar-refractivity contribution in [3.63, 3.8) is 0 Å². The predicted octanol–water partition coefficient (Wildman–Crippen LogP) is -1.97. The maximum absolute atomic E-state index is 11.3. The van der Waals surface area contributed by atoms with E-state index >= 15 is 0 Å². The zero-order chi connectivity index (χ0) is 14.4. The zero-order valence-electron chi connectivity index (χ0n) is 11.3. The molecule has 0 amide bonds. The van der Waals surface area contributed by atoms with Crippen LogP contribution in [0.3, 0.4) is 0 Å². The fourth-order valence-electron chi connectivity index (χ4n) is 1.68. The summed E-state index contributed by atoms with van der Waals surface area (Å²) in [6.07, 6.45) is 0. The molecule has 0 radical (unpaired) electrons. The Morgan fingerprint density at radius 3 is 2.05 bits per heavy atom. The van der Waals surface area contributed by atoms with E-state index in [4.69, 9.17) is 14.8 Å². The summed E-state index contributed by atoms with van der Waals surface area (Å²) in [5.74, 6) is 0. The number of fused-ring (bicyclic) bond motifs is 1. The van der Waals surface area contributed by atoms with Gasteiger partial charge in [-0.25, -0.2) is 0 Å². The van der Waals surface area contributed by atoms with Crippen LogP contribution in [-0.4, -0.2) is 25.9 Å². The van der Waals surface area contributed by atoms with Gasteiger partial charge in [0.25, 0.3) is 20.2 Å². The number of hydrogen-bond donors (Lipinski definition) is 3. The van der Waals surface area contributed by atoms with Gasteiger partial charge in [0.05, 0.1) is 4.90 Å². The van der Waals surface area contributed by atoms with Crippen LogP contribution in [0.25, 0.3) is 10.8 Å². The topological polar surface area (TPSA) is 135 Å². The Kier molecular flexibility index (Phi) is 4.87. The van der Waals surface area contributed by atoms with Crippen LogP contribution in [0.5, 0.6) is 0 Å². The number of hydrogen-bond acceptors (Lipinski definition) is 5. The zero-order valence-corrected chi connectivity index (χ0v) is 13.9. The molecule has 20 heavy (non-hydrogen) atoms. The van der Waals surface area contributed by atoms with E-state index in [9.17, 15) is 16.8 Å². The molecule has 2 rings (SSSR count). The number of nitrogens with two attached hydrogens (primary N) is 1. The number of anilines is 1. The smallest absolute Gasteiger partial charge is 1.00 e. The molecule has 0 saturated carbocycles. The summed E-state index contributed by atoms with van der Waals surface area (Å²) >= 11 is 0. The van der Waals surface area contributed by atoms with Crippen molar-refractivity contribution in [2.45, 2.75) is 9.79 Å². The van der Waals surface area contributed by atoms with Gasteiger partial charge in [0, 0.05) is 11.1 Å². The van der Waals surface area contributed by atoms with Crippen molar-refractivity contribution < 1.29 is 56.9 Å². The summed E-state index contributed by atoms with van der Waals surface area (Å²) in [4.78, 5) is -1.26. The molecule has 2 aromatic rings. The number of benzene rings is 2. The van der Waals surface area contributed by atoms with E-state index in [0.717, 1.165) is 6.07 Å². The molecular formula is C10H10NNaO6S2. The van der Waals surface area contributed by atoms with Gasteiger partial charge in [-0.05, 0) is 29.7 Å².